The first-order valence-corrected chi connectivity index (χ1v) is 10.5. The van der Waals surface area contributed by atoms with Crippen molar-refractivity contribution in [1.82, 2.24) is 39.3 Å². The fraction of sp³-hybridized carbons (Fsp3) is 0.429. The molecule has 10 nitrogen and oxygen atoms in total. The molecule has 0 N–H and O–H groups in total. The molecule has 1 aliphatic rings. The molecule has 0 radical (unpaired) electrons. The van der Waals surface area contributed by atoms with Gasteiger partial charge in [-0.2, -0.15) is 10.1 Å². The van der Waals surface area contributed by atoms with Crippen LogP contribution < -0.4 is 9.64 Å². The lowest BCUT2D eigenvalue weighted by molar-refractivity contribution is 0.218. The molecule has 0 aliphatic carbocycles. The SMILES string of the molecule is CCn1ncc(-c2nc3c(O[C@H]4CCN(c5cncc(C)n5)C4)ncnc3n2C)c1C. The van der Waals surface area contributed by atoms with E-state index in [4.69, 9.17) is 9.72 Å². The number of hydrogen-bond acceptors (Lipinski definition) is 8. The molecule has 0 bridgehead atoms. The highest BCUT2D eigenvalue weighted by Crippen LogP contribution is 2.30. The molecule has 0 amide bonds. The summed E-state index contributed by atoms with van der Waals surface area (Å²) < 4.78 is 10.2. The Labute approximate surface area is 180 Å². The van der Waals surface area contributed by atoms with Crippen LogP contribution in [0.15, 0.2) is 24.9 Å². The minimum Gasteiger partial charge on any atom is -0.471 e. The van der Waals surface area contributed by atoms with Crippen LogP contribution in [0.2, 0.25) is 0 Å². The Morgan fingerprint density at radius 2 is 2.00 bits per heavy atom. The van der Waals surface area contributed by atoms with Crippen LogP contribution in [0.5, 0.6) is 5.88 Å². The molecule has 1 atom stereocenters. The van der Waals surface area contributed by atoms with Gasteiger partial charge < -0.3 is 14.2 Å². The third-order valence-electron chi connectivity index (χ3n) is 5.76. The molecular formula is C21H25N9O. The van der Waals surface area contributed by atoms with Crippen molar-refractivity contribution in [3.05, 3.63) is 36.3 Å². The van der Waals surface area contributed by atoms with E-state index in [-0.39, 0.29) is 6.10 Å². The van der Waals surface area contributed by atoms with Crippen molar-refractivity contribution >= 4 is 17.0 Å². The minimum absolute atomic E-state index is 0.00422. The number of aromatic nitrogens is 8. The maximum Gasteiger partial charge on any atom is 0.245 e. The Kier molecular flexibility index (Phi) is 4.76. The van der Waals surface area contributed by atoms with E-state index in [0.29, 0.717) is 11.4 Å². The fourth-order valence-electron chi connectivity index (χ4n) is 4.08. The zero-order valence-electron chi connectivity index (χ0n) is 18.1. The van der Waals surface area contributed by atoms with Gasteiger partial charge in [-0.15, -0.1) is 0 Å². The third-order valence-corrected chi connectivity index (χ3v) is 5.76. The summed E-state index contributed by atoms with van der Waals surface area (Å²) >= 11 is 0. The highest BCUT2D eigenvalue weighted by molar-refractivity contribution is 5.81. The van der Waals surface area contributed by atoms with Gasteiger partial charge in [0.15, 0.2) is 11.2 Å². The van der Waals surface area contributed by atoms with E-state index in [1.807, 2.05) is 29.4 Å². The van der Waals surface area contributed by atoms with Crippen LogP contribution in [0.25, 0.3) is 22.6 Å². The summed E-state index contributed by atoms with van der Waals surface area (Å²) in [7, 11) is 1.96. The number of rotatable bonds is 5. The summed E-state index contributed by atoms with van der Waals surface area (Å²) in [4.78, 5) is 24.7. The summed E-state index contributed by atoms with van der Waals surface area (Å²) in [6.07, 6.45) is 7.81. The molecule has 10 heteroatoms. The van der Waals surface area contributed by atoms with Gasteiger partial charge in [0.05, 0.1) is 30.2 Å². The van der Waals surface area contributed by atoms with Crippen LogP contribution in [-0.2, 0) is 13.6 Å². The van der Waals surface area contributed by atoms with Gasteiger partial charge in [-0.3, -0.25) is 9.67 Å². The molecule has 160 valence electrons. The second-order valence-corrected chi connectivity index (χ2v) is 7.80. The van der Waals surface area contributed by atoms with E-state index in [9.17, 15) is 0 Å². The Balaban J connectivity index is 1.43. The van der Waals surface area contributed by atoms with Crippen molar-refractivity contribution < 1.29 is 4.74 Å². The molecule has 0 aromatic carbocycles. The van der Waals surface area contributed by atoms with Crippen LogP contribution in [0, 0.1) is 13.8 Å². The van der Waals surface area contributed by atoms with Crippen molar-refractivity contribution in [2.24, 2.45) is 7.05 Å². The molecule has 0 spiro atoms. The number of anilines is 1. The van der Waals surface area contributed by atoms with Gasteiger partial charge in [-0.25, -0.2) is 15.0 Å². The van der Waals surface area contributed by atoms with Gasteiger partial charge in [0.2, 0.25) is 5.88 Å². The summed E-state index contributed by atoms with van der Waals surface area (Å²) in [5.41, 5.74) is 4.36. The topological polar surface area (TPSA) is 99.7 Å². The Morgan fingerprint density at radius 3 is 2.77 bits per heavy atom. The number of imidazole rings is 1. The van der Waals surface area contributed by atoms with Gasteiger partial charge in [-0.1, -0.05) is 0 Å². The molecule has 5 heterocycles. The summed E-state index contributed by atoms with van der Waals surface area (Å²) in [5, 5.41) is 4.45. The largest absolute Gasteiger partial charge is 0.471 e. The molecule has 4 aromatic heterocycles. The molecule has 1 aliphatic heterocycles. The Hall–Kier alpha value is -3.56. The standard InChI is InChI=1S/C21H25N9O/c1-5-30-14(3)16(9-25-30)19-27-18-20(28(19)4)23-12-24-21(18)31-15-6-7-29(11-15)17-10-22-8-13(2)26-17/h8-10,12,15H,5-7,11H2,1-4H3/t15-/m0/s1. The van der Waals surface area contributed by atoms with Gasteiger partial charge in [-0.05, 0) is 20.8 Å². The Bertz CT molecular complexity index is 1250. The third kappa shape index (κ3) is 3.37. The molecule has 4 aromatic rings. The van der Waals surface area contributed by atoms with Crippen LogP contribution >= 0.6 is 0 Å². The maximum absolute atomic E-state index is 6.29. The second-order valence-electron chi connectivity index (χ2n) is 7.80. The highest BCUT2D eigenvalue weighted by atomic mass is 16.5. The van der Waals surface area contributed by atoms with Crippen LogP contribution in [0.4, 0.5) is 5.82 Å². The summed E-state index contributed by atoms with van der Waals surface area (Å²) in [5.74, 6) is 2.19. The van der Waals surface area contributed by atoms with E-state index in [2.05, 4.69) is 43.8 Å². The molecule has 5 rings (SSSR count). The van der Waals surface area contributed by atoms with Crippen molar-refractivity contribution in [3.8, 4) is 17.3 Å². The first kappa shape index (κ1) is 19.4. The Morgan fingerprint density at radius 1 is 1.13 bits per heavy atom. The monoisotopic (exact) mass is 419 g/mol. The molecular weight excluding hydrogens is 394 g/mol. The average molecular weight is 419 g/mol. The van der Waals surface area contributed by atoms with E-state index in [1.165, 1.54) is 6.33 Å². The predicted octanol–water partition coefficient (Wildman–Crippen LogP) is 2.31. The first-order chi connectivity index (χ1) is 15.0. The van der Waals surface area contributed by atoms with Crippen molar-refractivity contribution in [2.45, 2.75) is 39.8 Å². The lowest BCUT2D eigenvalue weighted by atomic mass is 10.2. The van der Waals surface area contributed by atoms with E-state index in [1.54, 1.807) is 12.4 Å². The zero-order valence-corrected chi connectivity index (χ0v) is 18.1. The van der Waals surface area contributed by atoms with Gasteiger partial charge >= 0.3 is 0 Å². The van der Waals surface area contributed by atoms with Crippen molar-refractivity contribution in [3.63, 3.8) is 0 Å². The smallest absolute Gasteiger partial charge is 0.245 e. The number of aryl methyl sites for hydroxylation is 3. The van der Waals surface area contributed by atoms with Gasteiger partial charge in [0.1, 0.15) is 24.1 Å². The van der Waals surface area contributed by atoms with E-state index >= 15 is 0 Å². The number of fused-ring (bicyclic) bond motifs is 1. The minimum atomic E-state index is -0.00422. The number of nitrogens with zero attached hydrogens (tertiary/aromatic N) is 9. The van der Waals surface area contributed by atoms with Gasteiger partial charge in [0, 0.05) is 38.4 Å². The maximum atomic E-state index is 6.29. The molecule has 31 heavy (non-hydrogen) atoms. The van der Waals surface area contributed by atoms with Crippen LogP contribution in [-0.4, -0.2) is 58.5 Å². The summed E-state index contributed by atoms with van der Waals surface area (Å²) in [6.45, 7) is 8.47. The van der Waals surface area contributed by atoms with Crippen LogP contribution in [0.3, 0.4) is 0 Å². The average Bonchev–Trinajstić information content (AvgIpc) is 3.46. The second kappa shape index (κ2) is 7.60. The van der Waals surface area contributed by atoms with Crippen molar-refractivity contribution in [1.29, 1.82) is 0 Å². The lowest BCUT2D eigenvalue weighted by Crippen LogP contribution is -2.25. The normalized spacial score (nSPS) is 16.4. The zero-order chi connectivity index (χ0) is 21.5. The van der Waals surface area contributed by atoms with E-state index < -0.39 is 0 Å². The number of hydrogen-bond donors (Lipinski definition) is 0. The fourth-order valence-corrected chi connectivity index (χ4v) is 4.08. The van der Waals surface area contributed by atoms with Crippen molar-refractivity contribution in [2.75, 3.05) is 18.0 Å². The quantitative estimate of drug-likeness (QED) is 0.486. The summed E-state index contributed by atoms with van der Waals surface area (Å²) in [6, 6.07) is 0. The molecule has 0 unspecified atom stereocenters. The molecule has 1 fully saturated rings. The van der Waals surface area contributed by atoms with Gasteiger partial charge in [0.25, 0.3) is 0 Å². The highest BCUT2D eigenvalue weighted by Gasteiger charge is 2.27. The first-order valence-electron chi connectivity index (χ1n) is 10.5. The molecule has 1 saturated heterocycles. The number of ether oxygens (including phenoxy) is 1. The predicted molar refractivity (Wildman–Crippen MR) is 116 cm³/mol. The van der Waals surface area contributed by atoms with Crippen LogP contribution in [0.1, 0.15) is 24.7 Å². The lowest BCUT2D eigenvalue weighted by Gasteiger charge is -2.17. The molecule has 0 saturated carbocycles. The van der Waals surface area contributed by atoms with E-state index in [0.717, 1.165) is 60.3 Å².